The molecule has 86 valence electrons. The van der Waals surface area contributed by atoms with Gasteiger partial charge in [0.1, 0.15) is 11.7 Å². The molecule has 1 aromatic carbocycles. The Kier molecular flexibility index (Phi) is 3.78. The van der Waals surface area contributed by atoms with Gasteiger partial charge >= 0.3 is 0 Å². The fourth-order valence-corrected chi connectivity index (χ4v) is 1.20. The fourth-order valence-electron chi connectivity index (χ4n) is 1.14. The Morgan fingerprint density at radius 2 is 2.31 bits per heavy atom. The second kappa shape index (κ2) is 4.89. The fraction of sp³-hybridized carbons (Fsp3) is 0.222. The van der Waals surface area contributed by atoms with Crippen LogP contribution in [0.4, 0.5) is 15.8 Å². The third-order valence-corrected chi connectivity index (χ3v) is 2.19. The molecule has 7 heteroatoms. The van der Waals surface area contributed by atoms with Crippen LogP contribution in [0.2, 0.25) is 0 Å². The highest BCUT2D eigenvalue weighted by Gasteiger charge is 2.16. The van der Waals surface area contributed by atoms with Crippen molar-refractivity contribution in [3.63, 3.8) is 0 Å². The molecule has 0 amide bonds. The molecule has 0 saturated heterocycles. The zero-order chi connectivity index (χ0) is 12.3. The van der Waals surface area contributed by atoms with Crippen LogP contribution in [-0.4, -0.2) is 16.6 Å². The number of alkyl halides is 1. The normalized spacial score (nSPS) is 11.6. The van der Waals surface area contributed by atoms with Crippen molar-refractivity contribution >= 4 is 28.8 Å². The van der Waals surface area contributed by atoms with E-state index in [1.807, 2.05) is 0 Å². The van der Waals surface area contributed by atoms with Crippen LogP contribution in [0, 0.1) is 22.9 Å². The monoisotopic (exact) mass is 245 g/mol. The first-order chi connectivity index (χ1) is 7.45. The van der Waals surface area contributed by atoms with Crippen LogP contribution < -0.4 is 5.73 Å². The van der Waals surface area contributed by atoms with Gasteiger partial charge in [0.25, 0.3) is 5.69 Å². The lowest BCUT2D eigenvalue weighted by Crippen LogP contribution is -2.12. The minimum atomic E-state index is -0.738. The highest BCUT2D eigenvalue weighted by atomic mass is 35.5. The first-order valence-electron chi connectivity index (χ1n) is 4.29. The quantitative estimate of drug-likeness (QED) is 0.292. The van der Waals surface area contributed by atoms with Crippen molar-refractivity contribution < 1.29 is 9.31 Å². The van der Waals surface area contributed by atoms with E-state index >= 15 is 0 Å². The van der Waals surface area contributed by atoms with Gasteiger partial charge in [-0.2, -0.15) is 0 Å². The summed E-state index contributed by atoms with van der Waals surface area (Å²) in [5.74, 6) is -0.688. The summed E-state index contributed by atoms with van der Waals surface area (Å²) in [6.45, 7) is 1.47. The summed E-state index contributed by atoms with van der Waals surface area (Å²) in [7, 11) is 0. The number of hydrogen-bond donors (Lipinski definition) is 1. The Morgan fingerprint density at radius 1 is 1.69 bits per heavy atom. The molecule has 5 nitrogen and oxygen atoms in total. The SMILES string of the molecule is Cc1c(N=C(N)CCl)cc(F)cc1[N+](=O)[O-]. The molecule has 1 aromatic rings. The van der Waals surface area contributed by atoms with Gasteiger partial charge in [0.2, 0.25) is 0 Å². The van der Waals surface area contributed by atoms with E-state index in [1.165, 1.54) is 6.92 Å². The average molecular weight is 246 g/mol. The van der Waals surface area contributed by atoms with Crippen LogP contribution in [0.25, 0.3) is 0 Å². The van der Waals surface area contributed by atoms with Gasteiger partial charge in [-0.1, -0.05) is 0 Å². The molecule has 0 aliphatic heterocycles. The molecular weight excluding hydrogens is 237 g/mol. The number of nitrogens with zero attached hydrogens (tertiary/aromatic N) is 2. The maximum absolute atomic E-state index is 13.1. The van der Waals surface area contributed by atoms with Gasteiger partial charge in [0.05, 0.1) is 28.1 Å². The van der Waals surface area contributed by atoms with E-state index in [9.17, 15) is 14.5 Å². The second-order valence-electron chi connectivity index (χ2n) is 3.06. The first kappa shape index (κ1) is 12.4. The number of halogens is 2. The molecule has 0 bridgehead atoms. The van der Waals surface area contributed by atoms with Gasteiger partial charge < -0.3 is 5.73 Å². The molecule has 0 fully saturated rings. The smallest absolute Gasteiger partial charge is 0.277 e. The molecule has 16 heavy (non-hydrogen) atoms. The molecule has 0 unspecified atom stereocenters. The van der Waals surface area contributed by atoms with Crippen LogP contribution in [0.1, 0.15) is 5.56 Å². The van der Waals surface area contributed by atoms with Crippen LogP contribution in [0.5, 0.6) is 0 Å². The minimum absolute atomic E-state index is 0.0241. The van der Waals surface area contributed by atoms with E-state index in [2.05, 4.69) is 4.99 Å². The highest BCUT2D eigenvalue weighted by Crippen LogP contribution is 2.29. The second-order valence-corrected chi connectivity index (χ2v) is 3.33. The highest BCUT2D eigenvalue weighted by molar-refractivity contribution is 6.28. The average Bonchev–Trinajstić information content (AvgIpc) is 2.22. The largest absolute Gasteiger partial charge is 0.386 e. The van der Waals surface area contributed by atoms with E-state index in [1.54, 1.807) is 0 Å². The topological polar surface area (TPSA) is 81.5 Å². The maximum atomic E-state index is 13.1. The van der Waals surface area contributed by atoms with E-state index in [4.69, 9.17) is 17.3 Å². The van der Waals surface area contributed by atoms with Crippen LogP contribution in [0.15, 0.2) is 17.1 Å². The van der Waals surface area contributed by atoms with Crippen LogP contribution in [0.3, 0.4) is 0 Å². The van der Waals surface area contributed by atoms with Crippen molar-refractivity contribution in [2.75, 3.05) is 5.88 Å². The molecule has 0 spiro atoms. The van der Waals surface area contributed by atoms with Crippen molar-refractivity contribution in [1.82, 2.24) is 0 Å². The molecule has 0 aliphatic rings. The van der Waals surface area contributed by atoms with Crippen LogP contribution >= 0.6 is 11.6 Å². The van der Waals surface area contributed by atoms with Crippen molar-refractivity contribution in [3.05, 3.63) is 33.6 Å². The third-order valence-electron chi connectivity index (χ3n) is 1.92. The van der Waals surface area contributed by atoms with Crippen molar-refractivity contribution in [3.8, 4) is 0 Å². The van der Waals surface area contributed by atoms with Gasteiger partial charge in [0.15, 0.2) is 0 Å². The zero-order valence-electron chi connectivity index (χ0n) is 8.41. The van der Waals surface area contributed by atoms with E-state index < -0.39 is 10.7 Å². The predicted octanol–water partition coefficient (Wildman–Crippen LogP) is 2.27. The van der Waals surface area contributed by atoms with Gasteiger partial charge in [-0.05, 0) is 6.92 Å². The van der Waals surface area contributed by atoms with E-state index in [0.29, 0.717) is 0 Å². The summed E-state index contributed by atoms with van der Waals surface area (Å²) in [4.78, 5) is 13.7. The number of rotatable bonds is 3. The molecule has 0 heterocycles. The number of nitrogens with two attached hydrogens (primary N) is 1. The molecule has 0 atom stereocenters. The van der Waals surface area contributed by atoms with E-state index in [-0.39, 0.29) is 28.7 Å². The number of nitro benzene ring substituents is 1. The summed E-state index contributed by atoms with van der Waals surface area (Å²) >= 11 is 5.41. The third kappa shape index (κ3) is 2.66. The van der Waals surface area contributed by atoms with Crippen molar-refractivity contribution in [2.45, 2.75) is 6.92 Å². The zero-order valence-corrected chi connectivity index (χ0v) is 9.16. The first-order valence-corrected chi connectivity index (χ1v) is 4.82. The number of amidine groups is 1. The number of aliphatic imine (C=N–C) groups is 1. The predicted molar refractivity (Wildman–Crippen MR) is 59.8 cm³/mol. The minimum Gasteiger partial charge on any atom is -0.386 e. The van der Waals surface area contributed by atoms with E-state index in [0.717, 1.165) is 12.1 Å². The number of benzene rings is 1. The Labute approximate surface area is 95.9 Å². The maximum Gasteiger partial charge on any atom is 0.277 e. The Bertz CT molecular complexity index is 462. The molecule has 0 saturated carbocycles. The Balaban J connectivity index is 3.35. The molecule has 0 radical (unpaired) electrons. The van der Waals surface area contributed by atoms with Crippen molar-refractivity contribution in [2.24, 2.45) is 10.7 Å². The summed E-state index contributed by atoms with van der Waals surface area (Å²) in [5.41, 5.74) is 5.41. The molecule has 1 rings (SSSR count). The molecule has 0 aliphatic carbocycles. The number of nitro groups is 1. The van der Waals surface area contributed by atoms with Crippen LogP contribution in [-0.2, 0) is 0 Å². The lowest BCUT2D eigenvalue weighted by molar-refractivity contribution is -0.385. The summed E-state index contributed by atoms with van der Waals surface area (Å²) in [6, 6.07) is 1.91. The van der Waals surface area contributed by atoms with Gasteiger partial charge in [-0.3, -0.25) is 10.1 Å². The summed E-state index contributed by atoms with van der Waals surface area (Å²) in [6.07, 6.45) is 0. The molecular formula is C9H9ClFN3O2. The van der Waals surface area contributed by atoms with Crippen molar-refractivity contribution in [1.29, 1.82) is 0 Å². The Hall–Kier alpha value is -1.69. The molecule has 0 aromatic heterocycles. The lowest BCUT2D eigenvalue weighted by atomic mass is 10.1. The van der Waals surface area contributed by atoms with Gasteiger partial charge in [0, 0.05) is 6.07 Å². The standard InChI is InChI=1S/C9H9ClFN3O2/c1-5-7(13-9(12)4-10)2-6(11)3-8(5)14(15)16/h2-3H,4H2,1H3,(H2,12,13). The number of hydrogen-bond acceptors (Lipinski definition) is 3. The molecule has 2 N–H and O–H groups in total. The lowest BCUT2D eigenvalue weighted by Gasteiger charge is -2.03. The summed E-state index contributed by atoms with van der Waals surface area (Å²) < 4.78 is 13.1. The summed E-state index contributed by atoms with van der Waals surface area (Å²) in [5, 5.41) is 10.6. The van der Waals surface area contributed by atoms with Gasteiger partial charge in [-0.15, -0.1) is 11.6 Å². The Morgan fingerprint density at radius 3 is 2.81 bits per heavy atom. The van der Waals surface area contributed by atoms with Gasteiger partial charge in [-0.25, -0.2) is 9.38 Å².